The van der Waals surface area contributed by atoms with Crippen LogP contribution in [0.25, 0.3) is 0 Å². The number of anilines is 1. The van der Waals surface area contributed by atoms with Crippen molar-refractivity contribution < 1.29 is 0 Å². The fraction of sp³-hybridized carbons (Fsp3) is 0.667. The van der Waals surface area contributed by atoms with Gasteiger partial charge in [0, 0.05) is 37.9 Å². The number of nitrogens with zero attached hydrogens (tertiary/aromatic N) is 4. The number of nitrogens with one attached hydrogen (secondary N) is 1. The Labute approximate surface area is 149 Å². The van der Waals surface area contributed by atoms with E-state index in [1.54, 1.807) is 12.3 Å². The molecule has 0 amide bonds. The fourth-order valence-electron chi connectivity index (χ4n) is 4.00. The summed E-state index contributed by atoms with van der Waals surface area (Å²) in [4.78, 5) is 9.46. The van der Waals surface area contributed by atoms with Gasteiger partial charge in [-0.1, -0.05) is 24.9 Å². The minimum Gasteiger partial charge on any atom is -0.353 e. The molecular weight excluding hydrogens is 322 g/mol. The lowest BCUT2D eigenvalue weighted by atomic mass is 9.98. The lowest BCUT2D eigenvalue weighted by Crippen LogP contribution is -2.58. The number of rotatable bonds is 4. The van der Waals surface area contributed by atoms with Crippen molar-refractivity contribution in [2.45, 2.75) is 44.7 Å². The Morgan fingerprint density at radius 2 is 2.17 bits per heavy atom. The normalized spacial score (nSPS) is 23.2. The number of piperidine rings is 1. The van der Waals surface area contributed by atoms with Crippen molar-refractivity contribution in [1.82, 2.24) is 15.2 Å². The molecule has 2 aliphatic heterocycles. The van der Waals surface area contributed by atoms with Crippen molar-refractivity contribution in [3.05, 3.63) is 22.8 Å². The SMILES string of the molecule is CCC[C@H]1CN(c2ncc(C#N)cc2Cl)CCN1C1CCNCC1. The van der Waals surface area contributed by atoms with E-state index >= 15 is 0 Å². The summed E-state index contributed by atoms with van der Waals surface area (Å²) in [5.41, 5.74) is 0.516. The van der Waals surface area contributed by atoms with Crippen LogP contribution < -0.4 is 10.2 Å². The molecule has 0 aliphatic carbocycles. The third-order valence-corrected chi connectivity index (χ3v) is 5.46. The van der Waals surface area contributed by atoms with Crippen LogP contribution in [-0.2, 0) is 0 Å². The summed E-state index contributed by atoms with van der Waals surface area (Å²) in [7, 11) is 0. The van der Waals surface area contributed by atoms with Crippen LogP contribution in [0.5, 0.6) is 0 Å². The molecule has 5 nitrogen and oxygen atoms in total. The van der Waals surface area contributed by atoms with Crippen molar-refractivity contribution in [3.63, 3.8) is 0 Å². The summed E-state index contributed by atoms with van der Waals surface area (Å²) in [5.74, 6) is 0.821. The van der Waals surface area contributed by atoms with Gasteiger partial charge in [0.25, 0.3) is 0 Å². The van der Waals surface area contributed by atoms with Gasteiger partial charge in [-0.15, -0.1) is 0 Å². The summed E-state index contributed by atoms with van der Waals surface area (Å²) in [6.45, 7) is 7.50. The highest BCUT2D eigenvalue weighted by molar-refractivity contribution is 6.33. The maximum absolute atomic E-state index is 8.98. The number of hydrogen-bond acceptors (Lipinski definition) is 5. The van der Waals surface area contributed by atoms with E-state index in [-0.39, 0.29) is 0 Å². The number of pyridine rings is 1. The van der Waals surface area contributed by atoms with Crippen molar-refractivity contribution in [2.24, 2.45) is 0 Å². The molecule has 0 radical (unpaired) electrons. The van der Waals surface area contributed by atoms with Gasteiger partial charge in [0.2, 0.25) is 0 Å². The van der Waals surface area contributed by atoms with Gasteiger partial charge in [-0.25, -0.2) is 4.98 Å². The van der Waals surface area contributed by atoms with Crippen LogP contribution in [0.2, 0.25) is 5.02 Å². The van der Waals surface area contributed by atoms with Gasteiger partial charge in [0.1, 0.15) is 11.9 Å². The molecule has 0 bridgehead atoms. The first-order chi connectivity index (χ1) is 11.7. The molecule has 2 fully saturated rings. The van der Waals surface area contributed by atoms with Crippen LogP contribution >= 0.6 is 11.6 Å². The van der Waals surface area contributed by atoms with Gasteiger partial charge in [0.15, 0.2) is 0 Å². The minimum absolute atomic E-state index is 0.516. The van der Waals surface area contributed by atoms with Crippen LogP contribution in [0.4, 0.5) is 5.82 Å². The number of aromatic nitrogens is 1. The predicted molar refractivity (Wildman–Crippen MR) is 97.5 cm³/mol. The monoisotopic (exact) mass is 347 g/mol. The Morgan fingerprint density at radius 1 is 1.38 bits per heavy atom. The van der Waals surface area contributed by atoms with E-state index in [0.717, 1.165) is 38.5 Å². The summed E-state index contributed by atoms with van der Waals surface area (Å²) in [5, 5.41) is 13.0. The molecule has 2 aliphatic rings. The van der Waals surface area contributed by atoms with E-state index in [1.165, 1.54) is 25.7 Å². The molecule has 24 heavy (non-hydrogen) atoms. The second-order valence-electron chi connectivity index (χ2n) is 6.75. The van der Waals surface area contributed by atoms with Crippen LogP contribution in [0.1, 0.15) is 38.2 Å². The molecular formula is C18H26ClN5. The Morgan fingerprint density at radius 3 is 2.83 bits per heavy atom. The van der Waals surface area contributed by atoms with Crippen molar-refractivity contribution in [2.75, 3.05) is 37.6 Å². The third-order valence-electron chi connectivity index (χ3n) is 5.18. The number of hydrogen-bond donors (Lipinski definition) is 1. The van der Waals surface area contributed by atoms with E-state index in [9.17, 15) is 0 Å². The lowest BCUT2D eigenvalue weighted by Gasteiger charge is -2.47. The zero-order valence-corrected chi connectivity index (χ0v) is 15.1. The lowest BCUT2D eigenvalue weighted by molar-refractivity contribution is 0.0904. The number of halogens is 1. The van der Waals surface area contributed by atoms with Crippen LogP contribution in [0, 0.1) is 11.3 Å². The molecule has 0 saturated carbocycles. The Balaban J connectivity index is 1.73. The quantitative estimate of drug-likeness (QED) is 0.907. The van der Waals surface area contributed by atoms with Gasteiger partial charge < -0.3 is 10.2 Å². The van der Waals surface area contributed by atoms with E-state index < -0.39 is 0 Å². The van der Waals surface area contributed by atoms with E-state index in [0.29, 0.717) is 22.7 Å². The first-order valence-electron chi connectivity index (χ1n) is 9.00. The molecule has 1 atom stereocenters. The Kier molecular flexibility index (Phi) is 5.94. The highest BCUT2D eigenvalue weighted by atomic mass is 35.5. The van der Waals surface area contributed by atoms with Gasteiger partial charge in [0.05, 0.1) is 10.6 Å². The molecule has 130 valence electrons. The zero-order valence-electron chi connectivity index (χ0n) is 14.3. The summed E-state index contributed by atoms with van der Waals surface area (Å²) in [6.07, 6.45) is 6.50. The second kappa shape index (κ2) is 8.15. The van der Waals surface area contributed by atoms with Crippen molar-refractivity contribution >= 4 is 17.4 Å². The molecule has 3 heterocycles. The maximum Gasteiger partial charge on any atom is 0.147 e. The predicted octanol–water partition coefficient (Wildman–Crippen LogP) is 2.65. The molecule has 0 unspecified atom stereocenters. The summed E-state index contributed by atoms with van der Waals surface area (Å²) >= 11 is 6.37. The molecule has 6 heteroatoms. The topological polar surface area (TPSA) is 55.2 Å². The molecule has 1 aromatic rings. The van der Waals surface area contributed by atoms with Gasteiger partial charge in [-0.05, 0) is 38.4 Å². The van der Waals surface area contributed by atoms with E-state index in [2.05, 4.69) is 33.1 Å². The van der Waals surface area contributed by atoms with Crippen LogP contribution in [0.3, 0.4) is 0 Å². The highest BCUT2D eigenvalue weighted by Gasteiger charge is 2.33. The average Bonchev–Trinajstić information content (AvgIpc) is 2.62. The summed E-state index contributed by atoms with van der Waals surface area (Å²) < 4.78 is 0. The zero-order chi connectivity index (χ0) is 16.9. The van der Waals surface area contributed by atoms with Crippen molar-refractivity contribution in [3.8, 4) is 6.07 Å². The smallest absolute Gasteiger partial charge is 0.147 e. The molecule has 1 aromatic heterocycles. The second-order valence-corrected chi connectivity index (χ2v) is 7.16. The molecule has 0 aromatic carbocycles. The third kappa shape index (κ3) is 3.83. The maximum atomic E-state index is 8.98. The Bertz CT molecular complexity index is 594. The molecule has 2 saturated heterocycles. The first-order valence-corrected chi connectivity index (χ1v) is 9.37. The van der Waals surface area contributed by atoms with Gasteiger partial charge in [-0.2, -0.15) is 5.26 Å². The van der Waals surface area contributed by atoms with Gasteiger partial charge in [-0.3, -0.25) is 4.90 Å². The molecule has 1 N–H and O–H groups in total. The number of nitriles is 1. The minimum atomic E-state index is 0.516. The standard InChI is InChI=1S/C18H26ClN5/c1-2-3-16-13-23(18-17(19)10-14(11-20)12-22-18)8-9-24(16)15-4-6-21-7-5-15/h10,12,15-16,21H,2-9,13H2,1H3/t16-/m0/s1. The summed E-state index contributed by atoms with van der Waals surface area (Å²) in [6, 6.07) is 5.08. The molecule has 0 spiro atoms. The largest absolute Gasteiger partial charge is 0.353 e. The highest BCUT2D eigenvalue weighted by Crippen LogP contribution is 2.29. The fourth-order valence-corrected chi connectivity index (χ4v) is 4.28. The first kappa shape index (κ1) is 17.5. The average molecular weight is 348 g/mol. The van der Waals surface area contributed by atoms with Gasteiger partial charge >= 0.3 is 0 Å². The van der Waals surface area contributed by atoms with Crippen LogP contribution in [-0.4, -0.2) is 54.7 Å². The molecule has 3 rings (SSSR count). The Hall–Kier alpha value is -1.35. The van der Waals surface area contributed by atoms with Crippen molar-refractivity contribution in [1.29, 1.82) is 5.26 Å². The van der Waals surface area contributed by atoms with E-state index in [1.807, 2.05) is 0 Å². The van der Waals surface area contributed by atoms with Crippen LogP contribution in [0.15, 0.2) is 12.3 Å². The number of piperazine rings is 1. The van der Waals surface area contributed by atoms with E-state index in [4.69, 9.17) is 16.9 Å².